The number of nitrogens with one attached hydrogen (secondary N) is 1. The number of sulfonamides is 1. The van der Waals surface area contributed by atoms with Crippen LogP contribution in [0.3, 0.4) is 0 Å². The second-order valence-corrected chi connectivity index (χ2v) is 6.32. The fraction of sp³-hybridized carbons (Fsp3) is 0.889. The minimum Gasteiger partial charge on any atom is -0.358 e. The molecule has 1 saturated heterocycles. The summed E-state index contributed by atoms with van der Waals surface area (Å²) < 4.78 is 24.9. The van der Waals surface area contributed by atoms with Crippen molar-refractivity contribution in [2.45, 2.75) is 0 Å². The van der Waals surface area contributed by atoms with Crippen molar-refractivity contribution in [1.29, 1.82) is 0 Å². The van der Waals surface area contributed by atoms with Crippen LogP contribution in [0.25, 0.3) is 0 Å². The third kappa shape index (κ3) is 4.42. The molecule has 8 heteroatoms. The number of piperazine rings is 1. The monoisotopic (exact) mass is 283 g/mol. The molecule has 1 aliphatic heterocycles. The van der Waals surface area contributed by atoms with Crippen LogP contribution in [0.4, 0.5) is 0 Å². The first-order valence-electron chi connectivity index (χ1n) is 5.46. The molecule has 0 atom stereocenters. The Morgan fingerprint density at radius 2 is 1.88 bits per heavy atom. The van der Waals surface area contributed by atoms with Gasteiger partial charge in [0.1, 0.15) is 0 Å². The highest BCUT2D eigenvalue weighted by atomic mass is 35.5. The molecule has 0 bridgehead atoms. The van der Waals surface area contributed by atoms with Gasteiger partial charge in [-0.15, -0.1) is 11.6 Å². The normalized spacial score (nSPS) is 19.2. The number of rotatable bonds is 5. The van der Waals surface area contributed by atoms with Gasteiger partial charge in [-0.1, -0.05) is 0 Å². The van der Waals surface area contributed by atoms with Crippen molar-refractivity contribution in [3.63, 3.8) is 0 Å². The van der Waals surface area contributed by atoms with Crippen molar-refractivity contribution in [3.05, 3.63) is 0 Å². The molecule has 1 amide bonds. The molecule has 1 aliphatic rings. The maximum atomic E-state index is 11.7. The third-order valence-electron chi connectivity index (χ3n) is 2.71. The lowest BCUT2D eigenvalue weighted by Crippen LogP contribution is -2.51. The Balaban J connectivity index is 2.43. The van der Waals surface area contributed by atoms with Crippen molar-refractivity contribution < 1.29 is 13.2 Å². The molecule has 0 aromatic heterocycles. The second kappa shape index (κ2) is 6.53. The van der Waals surface area contributed by atoms with Crippen molar-refractivity contribution in [1.82, 2.24) is 14.5 Å². The standard InChI is InChI=1S/C9H18ClN3O3S/c1-11-9(14)8-12-3-5-13(6-4-12)17(15,16)7-2-10/h2-8H2,1H3,(H,11,14). The fourth-order valence-electron chi connectivity index (χ4n) is 1.67. The summed E-state index contributed by atoms with van der Waals surface area (Å²) in [6.45, 7) is 2.33. The van der Waals surface area contributed by atoms with Gasteiger partial charge in [-0.25, -0.2) is 8.42 Å². The first-order valence-corrected chi connectivity index (χ1v) is 7.60. The molecule has 0 spiro atoms. The van der Waals surface area contributed by atoms with Gasteiger partial charge in [0, 0.05) is 39.1 Å². The van der Waals surface area contributed by atoms with E-state index in [2.05, 4.69) is 5.32 Å². The third-order valence-corrected chi connectivity index (χ3v) is 4.99. The molecule has 1 rings (SSSR count). The zero-order chi connectivity index (χ0) is 12.9. The van der Waals surface area contributed by atoms with Crippen LogP contribution in [-0.4, -0.2) is 74.9 Å². The lowest BCUT2D eigenvalue weighted by atomic mass is 10.3. The number of halogens is 1. The highest BCUT2D eigenvalue weighted by molar-refractivity contribution is 7.89. The highest BCUT2D eigenvalue weighted by Crippen LogP contribution is 2.08. The van der Waals surface area contributed by atoms with E-state index in [1.165, 1.54) is 4.31 Å². The molecule has 1 fully saturated rings. The molecule has 0 saturated carbocycles. The molecule has 17 heavy (non-hydrogen) atoms. The van der Waals surface area contributed by atoms with Gasteiger partial charge in [0.15, 0.2) is 0 Å². The number of alkyl halides is 1. The van der Waals surface area contributed by atoms with Gasteiger partial charge in [0.2, 0.25) is 15.9 Å². The van der Waals surface area contributed by atoms with Crippen LogP contribution >= 0.6 is 11.6 Å². The molecule has 6 nitrogen and oxygen atoms in total. The number of carbonyl (C=O) groups is 1. The van der Waals surface area contributed by atoms with Crippen LogP contribution in [0.15, 0.2) is 0 Å². The predicted molar refractivity (Wildman–Crippen MR) is 66.6 cm³/mol. The molecule has 0 aromatic carbocycles. The minimum absolute atomic E-state index is 0.0238. The van der Waals surface area contributed by atoms with Crippen LogP contribution in [0.5, 0.6) is 0 Å². The average Bonchev–Trinajstić information content (AvgIpc) is 2.29. The van der Waals surface area contributed by atoms with E-state index in [0.717, 1.165) is 0 Å². The molecule has 0 radical (unpaired) electrons. The van der Waals surface area contributed by atoms with Gasteiger partial charge in [0.05, 0.1) is 12.3 Å². The molecule has 0 aliphatic carbocycles. The van der Waals surface area contributed by atoms with E-state index in [1.54, 1.807) is 7.05 Å². The maximum absolute atomic E-state index is 11.7. The molecular weight excluding hydrogens is 266 g/mol. The summed E-state index contributed by atoms with van der Waals surface area (Å²) in [4.78, 5) is 13.1. The van der Waals surface area contributed by atoms with Gasteiger partial charge in [-0.3, -0.25) is 9.69 Å². The molecule has 100 valence electrons. The minimum atomic E-state index is -3.22. The summed E-state index contributed by atoms with van der Waals surface area (Å²) in [5, 5.41) is 2.54. The molecule has 0 unspecified atom stereocenters. The summed E-state index contributed by atoms with van der Waals surface area (Å²) >= 11 is 5.45. The van der Waals surface area contributed by atoms with Crippen molar-refractivity contribution in [2.75, 3.05) is 51.4 Å². The van der Waals surface area contributed by atoms with E-state index in [1.807, 2.05) is 4.90 Å². The van der Waals surface area contributed by atoms with E-state index in [4.69, 9.17) is 11.6 Å². The van der Waals surface area contributed by atoms with E-state index in [9.17, 15) is 13.2 Å². The lowest BCUT2D eigenvalue weighted by molar-refractivity contribution is -0.122. The number of amides is 1. The number of hydrogen-bond donors (Lipinski definition) is 1. The van der Waals surface area contributed by atoms with Crippen LogP contribution in [0, 0.1) is 0 Å². The van der Waals surface area contributed by atoms with Crippen molar-refractivity contribution in [3.8, 4) is 0 Å². The summed E-state index contributed by atoms with van der Waals surface area (Å²) in [7, 11) is -1.63. The molecule has 0 aromatic rings. The number of nitrogens with zero attached hydrogens (tertiary/aromatic N) is 2. The Hall–Kier alpha value is -0.370. The van der Waals surface area contributed by atoms with Gasteiger partial charge in [-0.05, 0) is 0 Å². The Kier molecular flexibility index (Phi) is 5.64. The summed E-state index contributed by atoms with van der Waals surface area (Å²) in [6.07, 6.45) is 0. The Morgan fingerprint density at radius 3 is 2.35 bits per heavy atom. The molecule has 1 heterocycles. The van der Waals surface area contributed by atoms with Gasteiger partial charge in [-0.2, -0.15) is 4.31 Å². The topological polar surface area (TPSA) is 69.7 Å². The first kappa shape index (κ1) is 14.7. The Morgan fingerprint density at radius 1 is 1.29 bits per heavy atom. The molecule has 1 N–H and O–H groups in total. The predicted octanol–water partition coefficient (Wildman–Crippen LogP) is -1.08. The van der Waals surface area contributed by atoms with E-state index >= 15 is 0 Å². The number of carbonyl (C=O) groups excluding carboxylic acids is 1. The largest absolute Gasteiger partial charge is 0.358 e. The highest BCUT2D eigenvalue weighted by Gasteiger charge is 2.26. The van der Waals surface area contributed by atoms with Gasteiger partial charge < -0.3 is 5.32 Å². The summed E-state index contributed by atoms with van der Waals surface area (Å²) in [5.41, 5.74) is 0. The van der Waals surface area contributed by atoms with E-state index in [-0.39, 0.29) is 17.5 Å². The van der Waals surface area contributed by atoms with Crippen molar-refractivity contribution in [2.24, 2.45) is 0 Å². The SMILES string of the molecule is CNC(=O)CN1CCN(S(=O)(=O)CCCl)CC1. The van der Waals surface area contributed by atoms with E-state index in [0.29, 0.717) is 32.7 Å². The lowest BCUT2D eigenvalue weighted by Gasteiger charge is -2.33. The van der Waals surface area contributed by atoms with Crippen molar-refractivity contribution >= 4 is 27.5 Å². The quantitative estimate of drug-likeness (QED) is 0.652. The van der Waals surface area contributed by atoms with Gasteiger partial charge in [0.25, 0.3) is 0 Å². The fourth-order valence-corrected chi connectivity index (χ4v) is 3.43. The van der Waals surface area contributed by atoms with E-state index < -0.39 is 10.0 Å². The van der Waals surface area contributed by atoms with Crippen LogP contribution in [-0.2, 0) is 14.8 Å². The Bertz CT molecular complexity index is 352. The zero-order valence-corrected chi connectivity index (χ0v) is 11.4. The maximum Gasteiger partial charge on any atom is 0.233 e. The first-order chi connectivity index (χ1) is 7.99. The number of hydrogen-bond acceptors (Lipinski definition) is 4. The van der Waals surface area contributed by atoms with Crippen LogP contribution < -0.4 is 5.32 Å². The van der Waals surface area contributed by atoms with Gasteiger partial charge >= 0.3 is 0 Å². The Labute approximate surface area is 107 Å². The van der Waals surface area contributed by atoms with Crippen LogP contribution in [0.1, 0.15) is 0 Å². The smallest absolute Gasteiger partial charge is 0.233 e. The summed E-state index contributed by atoms with van der Waals surface area (Å²) in [5.74, 6) is 0.0344. The zero-order valence-electron chi connectivity index (χ0n) is 9.86. The second-order valence-electron chi connectivity index (χ2n) is 3.85. The summed E-state index contributed by atoms with van der Waals surface area (Å²) in [6, 6.07) is 0. The number of likely N-dealkylation sites (N-methyl/N-ethyl adjacent to an activating group) is 1. The molecular formula is C9H18ClN3O3S. The average molecular weight is 284 g/mol. The van der Waals surface area contributed by atoms with Crippen LogP contribution in [0.2, 0.25) is 0 Å².